The Morgan fingerprint density at radius 1 is 1.00 bits per heavy atom. The predicted molar refractivity (Wildman–Crippen MR) is 108 cm³/mol. The SMILES string of the molecule is COCCNc1cc(Nc2cccc(C(C)=O)c2)nc(-c2ccccc2)n1. The molecule has 6 nitrogen and oxygen atoms in total. The summed E-state index contributed by atoms with van der Waals surface area (Å²) in [6, 6.07) is 19.0. The van der Waals surface area contributed by atoms with Gasteiger partial charge in [0.15, 0.2) is 11.6 Å². The average molecular weight is 362 g/mol. The summed E-state index contributed by atoms with van der Waals surface area (Å²) in [4.78, 5) is 20.8. The van der Waals surface area contributed by atoms with Crippen molar-refractivity contribution < 1.29 is 9.53 Å². The van der Waals surface area contributed by atoms with Crippen LogP contribution in [0.5, 0.6) is 0 Å². The van der Waals surface area contributed by atoms with Crippen molar-refractivity contribution in [2.45, 2.75) is 6.92 Å². The van der Waals surface area contributed by atoms with Crippen molar-refractivity contribution in [1.82, 2.24) is 9.97 Å². The maximum absolute atomic E-state index is 11.6. The zero-order valence-corrected chi connectivity index (χ0v) is 15.4. The molecule has 0 atom stereocenters. The summed E-state index contributed by atoms with van der Waals surface area (Å²) in [5.41, 5.74) is 2.37. The Hall–Kier alpha value is -3.25. The van der Waals surface area contributed by atoms with Gasteiger partial charge in [-0.1, -0.05) is 42.5 Å². The summed E-state index contributed by atoms with van der Waals surface area (Å²) in [6.07, 6.45) is 0. The molecule has 0 unspecified atom stereocenters. The van der Waals surface area contributed by atoms with Crippen LogP contribution in [-0.2, 0) is 4.74 Å². The zero-order valence-electron chi connectivity index (χ0n) is 15.4. The van der Waals surface area contributed by atoms with E-state index in [1.54, 1.807) is 20.1 Å². The van der Waals surface area contributed by atoms with Crippen LogP contribution in [0.4, 0.5) is 17.3 Å². The third-order valence-corrected chi connectivity index (χ3v) is 3.91. The number of nitrogens with one attached hydrogen (secondary N) is 2. The maximum atomic E-state index is 11.6. The Balaban J connectivity index is 1.92. The number of methoxy groups -OCH3 is 1. The molecule has 0 amide bonds. The van der Waals surface area contributed by atoms with Gasteiger partial charge in [0.1, 0.15) is 11.6 Å². The van der Waals surface area contributed by atoms with Crippen LogP contribution in [-0.4, -0.2) is 36.0 Å². The minimum Gasteiger partial charge on any atom is -0.383 e. The largest absolute Gasteiger partial charge is 0.383 e. The lowest BCUT2D eigenvalue weighted by molar-refractivity contribution is 0.101. The molecule has 0 aliphatic rings. The van der Waals surface area contributed by atoms with E-state index in [4.69, 9.17) is 4.74 Å². The van der Waals surface area contributed by atoms with Crippen molar-refractivity contribution >= 4 is 23.1 Å². The van der Waals surface area contributed by atoms with E-state index >= 15 is 0 Å². The van der Waals surface area contributed by atoms with Crippen LogP contribution in [0.3, 0.4) is 0 Å². The fourth-order valence-corrected chi connectivity index (χ4v) is 2.56. The molecule has 1 aromatic heterocycles. The van der Waals surface area contributed by atoms with Crippen LogP contribution in [0.2, 0.25) is 0 Å². The lowest BCUT2D eigenvalue weighted by Crippen LogP contribution is -2.10. The molecule has 0 bridgehead atoms. The lowest BCUT2D eigenvalue weighted by atomic mass is 10.1. The second-order valence-electron chi connectivity index (χ2n) is 6.01. The van der Waals surface area contributed by atoms with Gasteiger partial charge in [0.25, 0.3) is 0 Å². The smallest absolute Gasteiger partial charge is 0.163 e. The number of nitrogens with zero attached hydrogens (tertiary/aromatic N) is 2. The van der Waals surface area contributed by atoms with Gasteiger partial charge in [-0.25, -0.2) is 9.97 Å². The van der Waals surface area contributed by atoms with Gasteiger partial charge in [-0.05, 0) is 19.1 Å². The topological polar surface area (TPSA) is 76.1 Å². The van der Waals surface area contributed by atoms with E-state index in [2.05, 4.69) is 20.6 Å². The number of anilines is 3. The molecular formula is C21H22N4O2. The molecule has 2 N–H and O–H groups in total. The van der Waals surface area contributed by atoms with E-state index in [0.29, 0.717) is 36.2 Å². The zero-order chi connectivity index (χ0) is 19.1. The standard InChI is InChI=1S/C21H22N4O2/c1-15(26)17-9-6-10-18(13-17)23-20-14-19(22-11-12-27-2)24-21(25-20)16-7-4-3-5-8-16/h3-10,13-14H,11-12H2,1-2H3,(H2,22,23,24,25). The Morgan fingerprint density at radius 2 is 1.78 bits per heavy atom. The highest BCUT2D eigenvalue weighted by molar-refractivity contribution is 5.95. The van der Waals surface area contributed by atoms with E-state index in [9.17, 15) is 4.79 Å². The van der Waals surface area contributed by atoms with E-state index in [1.165, 1.54) is 0 Å². The number of rotatable bonds is 8. The van der Waals surface area contributed by atoms with Gasteiger partial charge in [0.2, 0.25) is 0 Å². The van der Waals surface area contributed by atoms with Crippen molar-refractivity contribution in [3.05, 3.63) is 66.2 Å². The van der Waals surface area contributed by atoms with Gasteiger partial charge in [-0.15, -0.1) is 0 Å². The first-order valence-corrected chi connectivity index (χ1v) is 8.71. The number of carbonyl (C=O) groups excluding carboxylic acids is 1. The number of ether oxygens (including phenoxy) is 1. The quantitative estimate of drug-likeness (QED) is 0.463. The van der Waals surface area contributed by atoms with Crippen molar-refractivity contribution in [2.24, 2.45) is 0 Å². The fraction of sp³-hybridized carbons (Fsp3) is 0.190. The average Bonchev–Trinajstić information content (AvgIpc) is 2.69. The highest BCUT2D eigenvalue weighted by Crippen LogP contribution is 2.23. The normalized spacial score (nSPS) is 10.4. The second-order valence-corrected chi connectivity index (χ2v) is 6.01. The second kappa shape index (κ2) is 8.91. The minimum absolute atomic E-state index is 0.0215. The molecule has 0 aliphatic carbocycles. The van der Waals surface area contributed by atoms with Crippen LogP contribution in [0.1, 0.15) is 17.3 Å². The van der Waals surface area contributed by atoms with Gasteiger partial charge in [0, 0.05) is 36.5 Å². The molecular weight excluding hydrogens is 340 g/mol. The molecule has 0 spiro atoms. The third kappa shape index (κ3) is 5.12. The summed E-state index contributed by atoms with van der Waals surface area (Å²) in [5, 5.41) is 6.51. The van der Waals surface area contributed by atoms with Crippen molar-refractivity contribution in [3.8, 4) is 11.4 Å². The third-order valence-electron chi connectivity index (χ3n) is 3.91. The highest BCUT2D eigenvalue weighted by Gasteiger charge is 2.08. The van der Waals surface area contributed by atoms with Crippen molar-refractivity contribution in [3.63, 3.8) is 0 Å². The first-order chi connectivity index (χ1) is 13.2. The van der Waals surface area contributed by atoms with E-state index in [-0.39, 0.29) is 5.78 Å². The lowest BCUT2D eigenvalue weighted by Gasteiger charge is -2.12. The number of benzene rings is 2. The monoisotopic (exact) mass is 362 g/mol. The molecule has 6 heteroatoms. The minimum atomic E-state index is 0.0215. The molecule has 3 aromatic rings. The number of ketones is 1. The van der Waals surface area contributed by atoms with Gasteiger partial charge >= 0.3 is 0 Å². The Morgan fingerprint density at radius 3 is 2.52 bits per heavy atom. The number of Topliss-reactive ketones (excluding diaryl/α,β-unsaturated/α-hetero) is 1. The molecule has 1 heterocycles. The number of hydrogen-bond donors (Lipinski definition) is 2. The van der Waals surface area contributed by atoms with Gasteiger partial charge in [-0.3, -0.25) is 4.79 Å². The molecule has 0 saturated carbocycles. The van der Waals surface area contributed by atoms with E-state index in [0.717, 1.165) is 11.3 Å². The van der Waals surface area contributed by atoms with Gasteiger partial charge < -0.3 is 15.4 Å². The Bertz CT molecular complexity index is 913. The fourth-order valence-electron chi connectivity index (χ4n) is 2.56. The molecule has 0 fully saturated rings. The molecule has 0 aliphatic heterocycles. The predicted octanol–water partition coefficient (Wildman–Crippen LogP) is 4.15. The van der Waals surface area contributed by atoms with Gasteiger partial charge in [-0.2, -0.15) is 0 Å². The highest BCUT2D eigenvalue weighted by atomic mass is 16.5. The summed E-state index contributed by atoms with van der Waals surface area (Å²) in [7, 11) is 1.66. The van der Waals surface area contributed by atoms with Crippen LogP contribution >= 0.6 is 0 Å². The maximum Gasteiger partial charge on any atom is 0.163 e. The first-order valence-electron chi connectivity index (χ1n) is 8.71. The van der Waals surface area contributed by atoms with Gasteiger partial charge in [0.05, 0.1) is 6.61 Å². The van der Waals surface area contributed by atoms with Crippen molar-refractivity contribution in [2.75, 3.05) is 30.9 Å². The Labute approximate surface area is 158 Å². The van der Waals surface area contributed by atoms with Crippen LogP contribution in [0, 0.1) is 0 Å². The summed E-state index contributed by atoms with van der Waals surface area (Å²) >= 11 is 0. The molecule has 2 aromatic carbocycles. The number of hydrogen-bond acceptors (Lipinski definition) is 6. The molecule has 27 heavy (non-hydrogen) atoms. The van der Waals surface area contributed by atoms with E-state index in [1.807, 2.05) is 54.6 Å². The first kappa shape index (κ1) is 18.5. The molecule has 0 radical (unpaired) electrons. The summed E-state index contributed by atoms with van der Waals surface area (Å²) in [5.74, 6) is 1.98. The van der Waals surface area contributed by atoms with E-state index < -0.39 is 0 Å². The number of aromatic nitrogens is 2. The summed E-state index contributed by atoms with van der Waals surface area (Å²) in [6.45, 7) is 2.77. The van der Waals surface area contributed by atoms with Crippen LogP contribution in [0.25, 0.3) is 11.4 Å². The van der Waals surface area contributed by atoms with Crippen molar-refractivity contribution in [1.29, 1.82) is 0 Å². The van der Waals surface area contributed by atoms with Crippen LogP contribution in [0.15, 0.2) is 60.7 Å². The molecule has 0 saturated heterocycles. The van der Waals surface area contributed by atoms with Crippen LogP contribution < -0.4 is 10.6 Å². The summed E-state index contributed by atoms with van der Waals surface area (Å²) < 4.78 is 5.09. The molecule has 138 valence electrons. The Kier molecular flexibility index (Phi) is 6.12. The molecule has 3 rings (SSSR count). The number of carbonyl (C=O) groups is 1.